The van der Waals surface area contributed by atoms with Crippen LogP contribution in [0, 0.1) is 0 Å². The summed E-state index contributed by atoms with van der Waals surface area (Å²) >= 11 is 0. The summed E-state index contributed by atoms with van der Waals surface area (Å²) in [5.41, 5.74) is 0. The van der Waals surface area contributed by atoms with Crippen molar-refractivity contribution in [2.24, 2.45) is 0 Å². The summed E-state index contributed by atoms with van der Waals surface area (Å²) < 4.78 is 31.7. The fourth-order valence-corrected chi connectivity index (χ4v) is 0. The summed E-state index contributed by atoms with van der Waals surface area (Å²) in [5, 5.41) is 7.12. The summed E-state index contributed by atoms with van der Waals surface area (Å²) in [6.45, 7) is 0.993. The van der Waals surface area contributed by atoms with Gasteiger partial charge in [0.1, 0.15) is 0 Å². The number of carbonyl (C=O) groups is 1. The molecular weight excluding hydrogens is 204 g/mol. The molecule has 5 nitrogen and oxygen atoms in total. The van der Waals surface area contributed by atoms with Gasteiger partial charge in [-0.3, -0.25) is 0 Å². The van der Waals surface area contributed by atoms with E-state index in [1.807, 2.05) is 0 Å². The maximum Gasteiger partial charge on any atom is 0.490 e. The fraction of sp³-hybridized carbons (Fsp3) is 0.667. The summed E-state index contributed by atoms with van der Waals surface area (Å²) in [7, 11) is -3.61. The van der Waals surface area contributed by atoms with E-state index in [-0.39, 0.29) is 0 Å². The summed E-state index contributed by atoms with van der Waals surface area (Å²) in [6.07, 6.45) is -5.08. The quantitative estimate of drug-likeness (QED) is 0.414. The number of halogens is 3. The molecule has 0 aliphatic heterocycles. The molecule has 4 N–H and O–H groups in total. The van der Waals surface area contributed by atoms with E-state index in [2.05, 4.69) is 0 Å². The van der Waals surface area contributed by atoms with Crippen molar-refractivity contribution in [2.75, 3.05) is 6.66 Å². The molecule has 0 heterocycles. The molecule has 0 atom stereocenters. The first kappa shape index (κ1) is 14.1. The van der Waals surface area contributed by atoms with E-state index >= 15 is 0 Å². The molecule has 12 heavy (non-hydrogen) atoms. The first-order valence-corrected chi connectivity index (χ1v) is 4.76. The van der Waals surface area contributed by atoms with E-state index in [0.29, 0.717) is 0 Å². The van der Waals surface area contributed by atoms with Crippen LogP contribution >= 0.6 is 7.94 Å². The predicted molar refractivity (Wildman–Crippen MR) is 34.6 cm³/mol. The van der Waals surface area contributed by atoms with Crippen LogP contribution in [-0.2, 0) is 4.79 Å². The largest absolute Gasteiger partial charge is 0.490 e. The average Bonchev–Trinajstić information content (AvgIpc) is 1.55. The summed E-state index contributed by atoms with van der Waals surface area (Å²) in [6, 6.07) is 0. The molecule has 0 radical (unpaired) electrons. The molecule has 0 rings (SSSR count). The van der Waals surface area contributed by atoms with Crippen molar-refractivity contribution in [1.82, 2.24) is 0 Å². The minimum atomic E-state index is -5.08. The van der Waals surface area contributed by atoms with Crippen molar-refractivity contribution < 1.29 is 37.8 Å². The van der Waals surface area contributed by atoms with Crippen LogP contribution in [0.2, 0.25) is 0 Å². The van der Waals surface area contributed by atoms with E-state index in [4.69, 9.17) is 24.6 Å². The van der Waals surface area contributed by atoms with Crippen molar-refractivity contribution in [3.63, 3.8) is 0 Å². The van der Waals surface area contributed by atoms with Crippen LogP contribution in [0.3, 0.4) is 0 Å². The van der Waals surface area contributed by atoms with Gasteiger partial charge in [-0.15, -0.1) is 0 Å². The smallest absolute Gasteiger partial charge is 0.475 e. The predicted octanol–water partition coefficient (Wildman–Crippen LogP) is -0.279. The maximum absolute atomic E-state index is 10.6. The van der Waals surface area contributed by atoms with Crippen molar-refractivity contribution in [3.05, 3.63) is 0 Å². The second-order valence-corrected chi connectivity index (χ2v) is 3.72. The molecule has 0 saturated heterocycles. The van der Waals surface area contributed by atoms with E-state index < -0.39 is 20.1 Å². The second-order valence-electron chi connectivity index (χ2n) is 1.77. The minimum Gasteiger partial charge on any atom is -0.475 e. The van der Waals surface area contributed by atoms with Crippen molar-refractivity contribution in [2.45, 2.75) is 6.18 Å². The van der Waals surface area contributed by atoms with Crippen LogP contribution < -0.4 is 0 Å². The Bertz CT molecular complexity index is 143. The maximum atomic E-state index is 10.6. The number of alkyl halides is 3. The monoisotopic (exact) mass is 212 g/mol. The average molecular weight is 212 g/mol. The Balaban J connectivity index is 0. The van der Waals surface area contributed by atoms with Crippen LogP contribution in [0.25, 0.3) is 0 Å². The third kappa shape index (κ3) is 22.7. The zero-order valence-corrected chi connectivity index (χ0v) is 6.83. The Hall–Kier alpha value is -0.430. The van der Waals surface area contributed by atoms with Gasteiger partial charge in [-0.25, -0.2) is 4.79 Å². The van der Waals surface area contributed by atoms with E-state index in [1.54, 1.807) is 0 Å². The Morgan fingerprint density at radius 2 is 1.33 bits per heavy atom. The van der Waals surface area contributed by atoms with Gasteiger partial charge in [-0.1, -0.05) is 0 Å². The van der Waals surface area contributed by atoms with Crippen LogP contribution in [0.15, 0.2) is 0 Å². The van der Waals surface area contributed by atoms with Gasteiger partial charge in [0, 0.05) is 0 Å². The molecule has 0 aliphatic carbocycles. The van der Waals surface area contributed by atoms with Gasteiger partial charge >= 0.3 is 41.4 Å². The van der Waals surface area contributed by atoms with Crippen molar-refractivity contribution >= 4 is 13.9 Å². The normalized spacial score (nSPS) is 12.9. The number of hydrogen-bond donors (Lipinski definition) is 4. The third-order valence-electron chi connectivity index (χ3n) is 0.243. The molecule has 0 aromatic carbocycles. The third-order valence-corrected chi connectivity index (χ3v) is 0.243. The van der Waals surface area contributed by atoms with Gasteiger partial charge < -0.3 is 5.11 Å². The van der Waals surface area contributed by atoms with Crippen LogP contribution in [0.4, 0.5) is 13.2 Å². The molecule has 0 unspecified atom stereocenters. The van der Waals surface area contributed by atoms with Gasteiger partial charge in [0.2, 0.25) is 0 Å². The molecule has 0 amide bonds. The number of carboxylic acid groups (broad SMARTS) is 1. The SMILES string of the molecule is C[PH](O)(O)O.O=C(O)C(F)(F)F. The number of hydrogen-bond acceptors (Lipinski definition) is 4. The molecule has 76 valence electrons. The molecule has 9 heteroatoms. The first-order valence-electron chi connectivity index (χ1n) is 2.42. The standard InChI is InChI=1S/C2HF3O2.CH7O3P/c3-2(4,5)1(6)7;1-5(2,3)4/h(H,6,7);2-5H,1H3. The fourth-order valence-electron chi connectivity index (χ4n) is 0. The van der Waals surface area contributed by atoms with Gasteiger partial charge in [0.25, 0.3) is 0 Å². The van der Waals surface area contributed by atoms with Crippen LogP contribution in [0.5, 0.6) is 0 Å². The first-order chi connectivity index (χ1) is 4.94. The Morgan fingerprint density at radius 3 is 1.33 bits per heavy atom. The van der Waals surface area contributed by atoms with Gasteiger partial charge in [-0.2, -0.15) is 13.2 Å². The number of carboxylic acids is 1. The molecule has 0 fully saturated rings. The van der Waals surface area contributed by atoms with E-state index in [9.17, 15) is 13.2 Å². The zero-order valence-electron chi connectivity index (χ0n) is 5.83. The number of rotatable bonds is 0. The van der Waals surface area contributed by atoms with Crippen molar-refractivity contribution in [3.8, 4) is 0 Å². The number of aliphatic carboxylic acids is 1. The molecule has 0 saturated carbocycles. The van der Waals surface area contributed by atoms with Gasteiger partial charge in [0.05, 0.1) is 0 Å². The van der Waals surface area contributed by atoms with Gasteiger partial charge in [0.15, 0.2) is 0 Å². The molecule has 0 aromatic rings. The zero-order chi connectivity index (χ0) is 10.6. The summed E-state index contributed by atoms with van der Waals surface area (Å²) in [5.74, 6) is -2.76. The van der Waals surface area contributed by atoms with E-state index in [0.717, 1.165) is 6.66 Å². The molecular formula is C3H8F3O5P. The van der Waals surface area contributed by atoms with Crippen LogP contribution in [0.1, 0.15) is 0 Å². The Morgan fingerprint density at radius 1 is 1.25 bits per heavy atom. The molecule has 0 aromatic heterocycles. The summed E-state index contributed by atoms with van der Waals surface area (Å²) in [4.78, 5) is 32.2. The molecule has 0 spiro atoms. The van der Waals surface area contributed by atoms with Crippen LogP contribution in [-0.4, -0.2) is 38.6 Å². The Labute approximate surface area is 65.7 Å². The van der Waals surface area contributed by atoms with E-state index in [1.165, 1.54) is 0 Å². The van der Waals surface area contributed by atoms with Crippen molar-refractivity contribution in [1.29, 1.82) is 0 Å². The molecule has 0 aliphatic rings. The second kappa shape index (κ2) is 4.56. The minimum absolute atomic E-state index is 0.993. The topological polar surface area (TPSA) is 98.0 Å². The molecule has 0 bridgehead atoms. The Kier molecular flexibility index (Phi) is 5.36. The van der Waals surface area contributed by atoms with Gasteiger partial charge in [-0.05, 0) is 0 Å².